The molecule has 0 amide bonds. The minimum atomic E-state index is -0.743. The van der Waals surface area contributed by atoms with Crippen molar-refractivity contribution in [3.63, 3.8) is 0 Å². The minimum absolute atomic E-state index is 0.331. The quantitative estimate of drug-likeness (QED) is 0.932. The van der Waals surface area contributed by atoms with Gasteiger partial charge in [-0.25, -0.2) is 4.98 Å². The zero-order chi connectivity index (χ0) is 14.1. The highest BCUT2D eigenvalue weighted by Gasteiger charge is 2.28. The SMILES string of the molecule is Cc1cccc(Cc2nc3c(o2)CC(C(=O)O)CC3)c1. The van der Waals surface area contributed by atoms with Crippen molar-refractivity contribution < 1.29 is 14.3 Å². The van der Waals surface area contributed by atoms with E-state index in [1.807, 2.05) is 6.07 Å². The smallest absolute Gasteiger partial charge is 0.306 e. The molecule has 1 N–H and O–H groups in total. The van der Waals surface area contributed by atoms with Crippen LogP contribution in [0.15, 0.2) is 28.7 Å². The molecule has 1 aliphatic carbocycles. The lowest BCUT2D eigenvalue weighted by atomic mass is 9.91. The summed E-state index contributed by atoms with van der Waals surface area (Å²) in [4.78, 5) is 15.5. The fourth-order valence-corrected chi connectivity index (χ4v) is 2.71. The number of aryl methyl sites for hydroxylation is 2. The third-order valence-corrected chi connectivity index (χ3v) is 3.77. The van der Waals surface area contributed by atoms with Gasteiger partial charge in [0, 0.05) is 12.8 Å². The maximum atomic E-state index is 11.0. The minimum Gasteiger partial charge on any atom is -0.481 e. The molecule has 4 heteroatoms. The first-order valence-electron chi connectivity index (χ1n) is 6.87. The van der Waals surface area contributed by atoms with Crippen LogP contribution >= 0.6 is 0 Å². The number of hydrogen-bond acceptors (Lipinski definition) is 3. The van der Waals surface area contributed by atoms with Gasteiger partial charge in [-0.15, -0.1) is 0 Å². The standard InChI is InChI=1S/C16H17NO3/c1-10-3-2-4-11(7-10)8-15-17-13-6-5-12(16(18)19)9-14(13)20-15/h2-4,7,12H,5-6,8-9H2,1H3,(H,18,19). The molecule has 2 aromatic rings. The van der Waals surface area contributed by atoms with Gasteiger partial charge in [-0.1, -0.05) is 29.8 Å². The fraction of sp³-hybridized carbons (Fsp3) is 0.375. The molecular formula is C16H17NO3. The summed E-state index contributed by atoms with van der Waals surface area (Å²) in [5.41, 5.74) is 3.31. The second kappa shape index (κ2) is 5.12. The van der Waals surface area contributed by atoms with Crippen molar-refractivity contribution in [1.29, 1.82) is 0 Å². The van der Waals surface area contributed by atoms with Crippen molar-refractivity contribution in [2.24, 2.45) is 5.92 Å². The van der Waals surface area contributed by atoms with E-state index in [1.54, 1.807) is 0 Å². The van der Waals surface area contributed by atoms with E-state index < -0.39 is 5.97 Å². The molecule has 20 heavy (non-hydrogen) atoms. The first-order chi connectivity index (χ1) is 9.61. The molecule has 1 aliphatic rings. The summed E-state index contributed by atoms with van der Waals surface area (Å²) >= 11 is 0. The van der Waals surface area contributed by atoms with E-state index >= 15 is 0 Å². The molecule has 4 nitrogen and oxygen atoms in total. The number of aliphatic carboxylic acids is 1. The molecule has 3 rings (SSSR count). The summed E-state index contributed by atoms with van der Waals surface area (Å²) in [6.45, 7) is 2.06. The van der Waals surface area contributed by atoms with Gasteiger partial charge < -0.3 is 9.52 Å². The molecule has 0 fully saturated rings. The van der Waals surface area contributed by atoms with Crippen LogP contribution in [-0.4, -0.2) is 16.1 Å². The van der Waals surface area contributed by atoms with E-state index in [0.29, 0.717) is 31.6 Å². The van der Waals surface area contributed by atoms with Gasteiger partial charge in [0.2, 0.25) is 0 Å². The predicted octanol–water partition coefficient (Wildman–Crippen LogP) is 2.76. The van der Waals surface area contributed by atoms with Gasteiger partial charge in [0.25, 0.3) is 0 Å². The molecule has 1 unspecified atom stereocenters. The highest BCUT2D eigenvalue weighted by atomic mass is 16.4. The molecule has 0 saturated carbocycles. The lowest BCUT2D eigenvalue weighted by Crippen LogP contribution is -2.21. The monoisotopic (exact) mass is 271 g/mol. The summed E-state index contributed by atoms with van der Waals surface area (Å²) in [5, 5.41) is 9.07. The summed E-state index contributed by atoms with van der Waals surface area (Å²) in [5.74, 6) is 0.368. The molecule has 0 bridgehead atoms. The van der Waals surface area contributed by atoms with Gasteiger partial charge in [0.05, 0.1) is 11.6 Å². The van der Waals surface area contributed by atoms with E-state index in [9.17, 15) is 4.79 Å². The molecule has 1 heterocycles. The second-order valence-electron chi connectivity index (χ2n) is 5.42. The third kappa shape index (κ3) is 2.59. The van der Waals surface area contributed by atoms with Crippen LogP contribution in [0, 0.1) is 12.8 Å². The van der Waals surface area contributed by atoms with Gasteiger partial charge in [0.15, 0.2) is 5.89 Å². The molecular weight excluding hydrogens is 254 g/mol. The highest BCUT2D eigenvalue weighted by Crippen LogP contribution is 2.27. The summed E-state index contributed by atoms with van der Waals surface area (Å²) in [6, 6.07) is 8.25. The number of carboxylic acids is 1. The normalized spacial score (nSPS) is 17.8. The largest absolute Gasteiger partial charge is 0.481 e. The number of aromatic nitrogens is 1. The summed E-state index contributed by atoms with van der Waals surface area (Å²) < 4.78 is 5.76. The average Bonchev–Trinajstić information content (AvgIpc) is 2.79. The molecule has 1 aromatic heterocycles. The maximum Gasteiger partial charge on any atom is 0.306 e. The van der Waals surface area contributed by atoms with Gasteiger partial charge in [-0.3, -0.25) is 4.79 Å². The lowest BCUT2D eigenvalue weighted by molar-refractivity contribution is -0.142. The topological polar surface area (TPSA) is 63.3 Å². The molecule has 104 valence electrons. The number of benzene rings is 1. The van der Waals surface area contributed by atoms with E-state index in [1.165, 1.54) is 11.1 Å². The Morgan fingerprint density at radius 2 is 2.35 bits per heavy atom. The van der Waals surface area contributed by atoms with Crippen LogP contribution in [0.3, 0.4) is 0 Å². The zero-order valence-corrected chi connectivity index (χ0v) is 11.4. The Hall–Kier alpha value is -2.10. The van der Waals surface area contributed by atoms with Crippen LogP contribution in [0.5, 0.6) is 0 Å². The fourth-order valence-electron chi connectivity index (χ4n) is 2.71. The van der Waals surface area contributed by atoms with Crippen LogP contribution in [-0.2, 0) is 24.1 Å². The van der Waals surface area contributed by atoms with Crippen LogP contribution in [0.25, 0.3) is 0 Å². The van der Waals surface area contributed by atoms with Crippen molar-refractivity contribution in [2.45, 2.75) is 32.6 Å². The van der Waals surface area contributed by atoms with Crippen molar-refractivity contribution in [3.8, 4) is 0 Å². The first kappa shape index (κ1) is 12.9. The molecule has 1 atom stereocenters. The Bertz CT molecular complexity index is 645. The number of rotatable bonds is 3. The van der Waals surface area contributed by atoms with Crippen molar-refractivity contribution in [2.75, 3.05) is 0 Å². The third-order valence-electron chi connectivity index (χ3n) is 3.77. The van der Waals surface area contributed by atoms with E-state index in [-0.39, 0.29) is 5.92 Å². The van der Waals surface area contributed by atoms with E-state index in [2.05, 4.69) is 30.1 Å². The maximum absolute atomic E-state index is 11.0. The highest BCUT2D eigenvalue weighted by molar-refractivity contribution is 5.70. The van der Waals surface area contributed by atoms with Crippen LogP contribution in [0.2, 0.25) is 0 Å². The lowest BCUT2D eigenvalue weighted by Gasteiger charge is -2.15. The molecule has 0 aliphatic heterocycles. The Morgan fingerprint density at radius 3 is 3.10 bits per heavy atom. The number of carboxylic acid groups (broad SMARTS) is 1. The van der Waals surface area contributed by atoms with Gasteiger partial charge in [-0.05, 0) is 25.3 Å². The second-order valence-corrected chi connectivity index (χ2v) is 5.42. The van der Waals surface area contributed by atoms with Crippen LogP contribution < -0.4 is 0 Å². The van der Waals surface area contributed by atoms with E-state index in [4.69, 9.17) is 9.52 Å². The Balaban J connectivity index is 1.79. The number of hydrogen-bond donors (Lipinski definition) is 1. The number of oxazole rings is 1. The number of nitrogens with zero attached hydrogens (tertiary/aromatic N) is 1. The predicted molar refractivity (Wildman–Crippen MR) is 73.6 cm³/mol. The molecule has 1 aromatic carbocycles. The summed E-state index contributed by atoms with van der Waals surface area (Å²) in [7, 11) is 0. The van der Waals surface area contributed by atoms with Gasteiger partial charge in [0.1, 0.15) is 5.76 Å². The molecule has 0 saturated heterocycles. The van der Waals surface area contributed by atoms with Gasteiger partial charge in [-0.2, -0.15) is 0 Å². The van der Waals surface area contributed by atoms with Crippen molar-refractivity contribution in [1.82, 2.24) is 4.98 Å². The first-order valence-corrected chi connectivity index (χ1v) is 6.87. The Labute approximate surface area is 117 Å². The Kier molecular flexibility index (Phi) is 3.30. The number of fused-ring (bicyclic) bond motifs is 1. The van der Waals surface area contributed by atoms with Gasteiger partial charge >= 0.3 is 5.97 Å². The van der Waals surface area contributed by atoms with Crippen LogP contribution in [0.4, 0.5) is 0 Å². The Morgan fingerprint density at radius 1 is 1.50 bits per heavy atom. The van der Waals surface area contributed by atoms with Crippen molar-refractivity contribution in [3.05, 3.63) is 52.7 Å². The van der Waals surface area contributed by atoms with E-state index in [0.717, 1.165) is 11.5 Å². The van der Waals surface area contributed by atoms with Crippen LogP contribution in [0.1, 0.15) is 34.9 Å². The zero-order valence-electron chi connectivity index (χ0n) is 11.4. The molecule has 0 radical (unpaired) electrons. The molecule has 0 spiro atoms. The summed E-state index contributed by atoms with van der Waals surface area (Å²) in [6.07, 6.45) is 2.47. The van der Waals surface area contributed by atoms with Crippen molar-refractivity contribution >= 4 is 5.97 Å². The average molecular weight is 271 g/mol. The number of carbonyl (C=O) groups is 1.